The number of pyridine rings is 1. The highest BCUT2D eigenvalue weighted by molar-refractivity contribution is 7.92. The number of sulfone groups is 1. The van der Waals surface area contributed by atoms with Crippen molar-refractivity contribution >= 4 is 9.84 Å². The number of benzene rings is 3. The fourth-order valence-electron chi connectivity index (χ4n) is 4.04. The third-order valence-electron chi connectivity index (χ3n) is 5.62. The van der Waals surface area contributed by atoms with Gasteiger partial charge in [0.1, 0.15) is 5.75 Å². The number of aromatic amines is 1. The Morgan fingerprint density at radius 2 is 1.58 bits per heavy atom. The monoisotopic (exact) mass is 451 g/mol. The Kier molecular flexibility index (Phi) is 4.38. The second kappa shape index (κ2) is 7.43. The number of aromatic nitrogens is 3. The lowest BCUT2D eigenvalue weighted by Gasteiger charge is -2.05. The number of nitrogens with zero attached hydrogens (tertiary/aromatic N) is 2. The second-order valence-electron chi connectivity index (χ2n) is 7.68. The van der Waals surface area contributed by atoms with Gasteiger partial charge in [0.05, 0.1) is 21.2 Å². The molecule has 0 fully saturated rings. The van der Waals surface area contributed by atoms with Crippen molar-refractivity contribution in [2.45, 2.75) is 9.79 Å². The van der Waals surface area contributed by atoms with Gasteiger partial charge in [-0.1, -0.05) is 48.5 Å². The van der Waals surface area contributed by atoms with Crippen molar-refractivity contribution in [2.24, 2.45) is 0 Å². The molecular weight excluding hydrogens is 434 g/mol. The standard InChI is InChI=1S/C26H17N3O3S/c30-33(31)24-9-2-1-8-20(24)21-12-11-18(15-25(21)33)23-16-22(28-29-23)17-6-5-7-19(14-17)32-26-10-3-4-13-27-26/h1-16H,(H,28,29). The molecule has 0 spiro atoms. The Labute approximate surface area is 190 Å². The van der Waals surface area contributed by atoms with E-state index in [0.29, 0.717) is 21.4 Å². The molecule has 2 aromatic heterocycles. The van der Waals surface area contributed by atoms with Crippen LogP contribution in [0, 0.1) is 0 Å². The van der Waals surface area contributed by atoms with Gasteiger partial charge in [0.15, 0.2) is 0 Å². The first-order chi connectivity index (χ1) is 16.1. The van der Waals surface area contributed by atoms with Crippen LogP contribution in [0.3, 0.4) is 0 Å². The Morgan fingerprint density at radius 3 is 2.45 bits per heavy atom. The molecule has 1 aliphatic rings. The van der Waals surface area contributed by atoms with Crippen LogP contribution in [0.15, 0.2) is 107 Å². The van der Waals surface area contributed by atoms with E-state index in [1.54, 1.807) is 30.5 Å². The zero-order valence-electron chi connectivity index (χ0n) is 17.3. The fourth-order valence-corrected chi connectivity index (χ4v) is 5.75. The molecule has 1 aliphatic heterocycles. The van der Waals surface area contributed by atoms with Gasteiger partial charge in [-0.15, -0.1) is 0 Å². The average molecular weight is 452 g/mol. The molecule has 160 valence electrons. The second-order valence-corrected chi connectivity index (χ2v) is 9.56. The van der Waals surface area contributed by atoms with Crippen molar-refractivity contribution in [3.8, 4) is 45.3 Å². The van der Waals surface area contributed by atoms with E-state index in [9.17, 15) is 8.42 Å². The summed E-state index contributed by atoms with van der Waals surface area (Å²) in [4.78, 5) is 4.86. The summed E-state index contributed by atoms with van der Waals surface area (Å²) < 4.78 is 31.9. The first-order valence-corrected chi connectivity index (χ1v) is 11.8. The van der Waals surface area contributed by atoms with Gasteiger partial charge in [-0.25, -0.2) is 13.4 Å². The van der Waals surface area contributed by atoms with Crippen LogP contribution in [-0.2, 0) is 9.84 Å². The van der Waals surface area contributed by atoms with E-state index < -0.39 is 9.84 Å². The van der Waals surface area contributed by atoms with Crippen molar-refractivity contribution in [1.29, 1.82) is 0 Å². The average Bonchev–Trinajstić information content (AvgIpc) is 3.42. The Morgan fingerprint density at radius 1 is 0.727 bits per heavy atom. The highest BCUT2D eigenvalue weighted by Gasteiger charge is 2.32. The minimum absolute atomic E-state index is 0.322. The summed E-state index contributed by atoms with van der Waals surface area (Å²) in [5, 5.41) is 7.47. The van der Waals surface area contributed by atoms with Gasteiger partial charge in [0, 0.05) is 34.5 Å². The number of H-pyrrole nitrogens is 1. The summed E-state index contributed by atoms with van der Waals surface area (Å²) in [7, 11) is -3.53. The van der Waals surface area contributed by atoms with Crippen LogP contribution in [0.4, 0.5) is 0 Å². The number of nitrogens with one attached hydrogen (secondary N) is 1. The van der Waals surface area contributed by atoms with Crippen LogP contribution in [0.5, 0.6) is 11.6 Å². The molecule has 1 N–H and O–H groups in total. The summed E-state index contributed by atoms with van der Waals surface area (Å²) >= 11 is 0. The topological polar surface area (TPSA) is 84.9 Å². The molecule has 6 nitrogen and oxygen atoms in total. The van der Waals surface area contributed by atoms with Crippen molar-refractivity contribution in [3.63, 3.8) is 0 Å². The minimum Gasteiger partial charge on any atom is -0.439 e. The molecule has 6 rings (SSSR count). The predicted molar refractivity (Wildman–Crippen MR) is 125 cm³/mol. The molecular formula is C26H17N3O3S. The first-order valence-electron chi connectivity index (χ1n) is 10.3. The zero-order valence-corrected chi connectivity index (χ0v) is 18.1. The van der Waals surface area contributed by atoms with Gasteiger partial charge in [0.25, 0.3) is 0 Å². The molecule has 7 heteroatoms. The lowest BCUT2D eigenvalue weighted by atomic mass is 10.0. The van der Waals surface area contributed by atoms with Crippen LogP contribution in [0.25, 0.3) is 33.6 Å². The van der Waals surface area contributed by atoms with Crippen molar-refractivity contribution in [3.05, 3.63) is 97.2 Å². The smallest absolute Gasteiger partial charge is 0.219 e. The summed E-state index contributed by atoms with van der Waals surface area (Å²) in [6.07, 6.45) is 1.68. The largest absolute Gasteiger partial charge is 0.439 e. The van der Waals surface area contributed by atoms with Gasteiger partial charge >= 0.3 is 0 Å². The van der Waals surface area contributed by atoms with Gasteiger partial charge in [0.2, 0.25) is 15.7 Å². The molecule has 0 bridgehead atoms. The van der Waals surface area contributed by atoms with E-state index in [1.165, 1.54) is 0 Å². The summed E-state index contributed by atoms with van der Waals surface area (Å²) in [5.74, 6) is 1.16. The van der Waals surface area contributed by atoms with Crippen LogP contribution in [-0.4, -0.2) is 23.6 Å². The third-order valence-corrected chi connectivity index (χ3v) is 7.47. The number of rotatable bonds is 4. The van der Waals surface area contributed by atoms with Crippen molar-refractivity contribution in [1.82, 2.24) is 15.2 Å². The Bertz CT molecular complexity index is 1610. The Hall–Kier alpha value is -4.23. The maximum Gasteiger partial charge on any atom is 0.219 e. The number of ether oxygens (including phenoxy) is 1. The van der Waals surface area contributed by atoms with Crippen LogP contribution >= 0.6 is 0 Å². The van der Waals surface area contributed by atoms with Gasteiger partial charge in [-0.2, -0.15) is 5.10 Å². The number of fused-ring (bicyclic) bond motifs is 3. The van der Waals surface area contributed by atoms with E-state index in [0.717, 1.165) is 33.6 Å². The predicted octanol–water partition coefficient (Wildman–Crippen LogP) is 5.74. The molecule has 0 radical (unpaired) electrons. The lowest BCUT2D eigenvalue weighted by Crippen LogP contribution is -1.96. The first kappa shape index (κ1) is 19.5. The van der Waals surface area contributed by atoms with Gasteiger partial charge in [-0.05, 0) is 36.4 Å². The molecule has 0 unspecified atom stereocenters. The quantitative estimate of drug-likeness (QED) is 0.369. The van der Waals surface area contributed by atoms with Gasteiger partial charge < -0.3 is 4.74 Å². The maximum absolute atomic E-state index is 13.0. The SMILES string of the molecule is O=S1(=O)c2ccccc2-c2ccc(-c3cc(-c4cccc(Oc5ccccn5)c4)n[nH]3)cc21. The summed E-state index contributed by atoms with van der Waals surface area (Å²) in [6, 6.07) is 27.5. The molecule has 3 heterocycles. The summed E-state index contributed by atoms with van der Waals surface area (Å²) in [6.45, 7) is 0. The number of hydrogen-bond acceptors (Lipinski definition) is 5. The van der Waals surface area contributed by atoms with E-state index in [4.69, 9.17) is 4.74 Å². The molecule has 0 amide bonds. The van der Waals surface area contributed by atoms with Crippen molar-refractivity contribution < 1.29 is 13.2 Å². The highest BCUT2D eigenvalue weighted by atomic mass is 32.2. The normalized spacial score (nSPS) is 13.3. The van der Waals surface area contributed by atoms with Crippen LogP contribution < -0.4 is 4.74 Å². The fraction of sp³-hybridized carbons (Fsp3) is 0. The lowest BCUT2D eigenvalue weighted by molar-refractivity contribution is 0.463. The summed E-state index contributed by atoms with van der Waals surface area (Å²) in [5.41, 5.74) is 4.55. The molecule has 0 atom stereocenters. The molecule has 3 aromatic carbocycles. The third kappa shape index (κ3) is 3.30. The van der Waals surface area contributed by atoms with Crippen molar-refractivity contribution in [2.75, 3.05) is 0 Å². The Balaban J connectivity index is 1.33. The number of hydrogen-bond donors (Lipinski definition) is 1. The highest BCUT2D eigenvalue weighted by Crippen LogP contribution is 2.44. The van der Waals surface area contributed by atoms with Crippen LogP contribution in [0.1, 0.15) is 0 Å². The minimum atomic E-state index is -3.53. The van der Waals surface area contributed by atoms with E-state index in [1.807, 2.05) is 66.7 Å². The molecule has 33 heavy (non-hydrogen) atoms. The van der Waals surface area contributed by atoms with E-state index in [2.05, 4.69) is 15.2 Å². The molecule has 0 saturated carbocycles. The molecule has 0 saturated heterocycles. The molecule has 0 aliphatic carbocycles. The van der Waals surface area contributed by atoms with E-state index in [-0.39, 0.29) is 0 Å². The van der Waals surface area contributed by atoms with E-state index >= 15 is 0 Å². The molecule has 5 aromatic rings. The van der Waals surface area contributed by atoms with Gasteiger partial charge in [-0.3, -0.25) is 5.10 Å². The zero-order chi connectivity index (χ0) is 22.4. The van der Waals surface area contributed by atoms with Crippen LogP contribution in [0.2, 0.25) is 0 Å². The maximum atomic E-state index is 13.0.